The van der Waals surface area contributed by atoms with E-state index < -0.39 is 0 Å². The van der Waals surface area contributed by atoms with E-state index in [-0.39, 0.29) is 0 Å². The molecule has 0 aliphatic carbocycles. The van der Waals surface area contributed by atoms with Crippen LogP contribution < -0.4 is 10.2 Å². The summed E-state index contributed by atoms with van der Waals surface area (Å²) in [5, 5.41) is 3.31. The Morgan fingerprint density at radius 1 is 1.31 bits per heavy atom. The Labute approximate surface area is 97.2 Å². The van der Waals surface area contributed by atoms with Gasteiger partial charge < -0.3 is 10.2 Å². The molecule has 0 spiro atoms. The summed E-state index contributed by atoms with van der Waals surface area (Å²) < 4.78 is 0. The van der Waals surface area contributed by atoms with Crippen LogP contribution in [-0.2, 0) is 0 Å². The van der Waals surface area contributed by atoms with Gasteiger partial charge in [0.1, 0.15) is 5.84 Å². The molecular formula is C13H19N3. The standard InChI is InChI=1S/C13H19N3/c1-3-16(10-13-14-8-9-15-13)12-6-4-11(2)5-7-12/h4-7H,3,8-10H2,1-2H3,(H,14,15). The summed E-state index contributed by atoms with van der Waals surface area (Å²) in [5.41, 5.74) is 2.57. The topological polar surface area (TPSA) is 27.6 Å². The van der Waals surface area contributed by atoms with Crippen LogP contribution in [0.4, 0.5) is 5.69 Å². The molecule has 1 heterocycles. The zero-order valence-corrected chi connectivity index (χ0v) is 10.0. The van der Waals surface area contributed by atoms with Gasteiger partial charge >= 0.3 is 0 Å². The summed E-state index contributed by atoms with van der Waals surface area (Å²) in [7, 11) is 0. The van der Waals surface area contributed by atoms with Gasteiger partial charge in [0.15, 0.2) is 0 Å². The highest BCUT2D eigenvalue weighted by molar-refractivity contribution is 5.88. The minimum absolute atomic E-state index is 0.888. The molecule has 0 saturated heterocycles. The molecule has 0 radical (unpaired) electrons. The zero-order chi connectivity index (χ0) is 11.4. The van der Waals surface area contributed by atoms with E-state index in [2.05, 4.69) is 53.3 Å². The number of aliphatic imine (C=N–C) groups is 1. The number of anilines is 1. The fourth-order valence-electron chi connectivity index (χ4n) is 1.87. The third-order valence-corrected chi connectivity index (χ3v) is 2.86. The number of rotatable bonds is 4. The van der Waals surface area contributed by atoms with E-state index in [9.17, 15) is 0 Å². The van der Waals surface area contributed by atoms with E-state index in [4.69, 9.17) is 0 Å². The Kier molecular flexibility index (Phi) is 3.44. The first-order chi connectivity index (χ1) is 7.79. The molecule has 1 N–H and O–H groups in total. The van der Waals surface area contributed by atoms with Gasteiger partial charge in [-0.3, -0.25) is 4.99 Å². The summed E-state index contributed by atoms with van der Waals surface area (Å²) >= 11 is 0. The number of amidine groups is 1. The Hall–Kier alpha value is -1.51. The Bertz CT molecular complexity index is 367. The van der Waals surface area contributed by atoms with E-state index in [1.54, 1.807) is 0 Å². The van der Waals surface area contributed by atoms with Gasteiger partial charge in [-0.2, -0.15) is 0 Å². The minimum Gasteiger partial charge on any atom is -0.370 e. The lowest BCUT2D eigenvalue weighted by molar-refractivity contribution is 0.897. The number of benzene rings is 1. The number of likely N-dealkylation sites (N-methyl/N-ethyl adjacent to an activating group) is 1. The molecule has 3 nitrogen and oxygen atoms in total. The van der Waals surface area contributed by atoms with Crippen molar-refractivity contribution in [2.75, 3.05) is 31.1 Å². The van der Waals surface area contributed by atoms with Gasteiger partial charge in [0.25, 0.3) is 0 Å². The van der Waals surface area contributed by atoms with Gasteiger partial charge in [-0.1, -0.05) is 17.7 Å². The fourth-order valence-corrected chi connectivity index (χ4v) is 1.87. The lowest BCUT2D eigenvalue weighted by atomic mass is 10.2. The molecule has 1 aliphatic heterocycles. The first kappa shape index (κ1) is 11.0. The van der Waals surface area contributed by atoms with Crippen molar-refractivity contribution < 1.29 is 0 Å². The monoisotopic (exact) mass is 217 g/mol. The maximum atomic E-state index is 4.43. The molecular weight excluding hydrogens is 198 g/mol. The van der Waals surface area contributed by atoms with Crippen molar-refractivity contribution in [2.24, 2.45) is 4.99 Å². The highest BCUT2D eigenvalue weighted by Gasteiger charge is 2.10. The first-order valence-corrected chi connectivity index (χ1v) is 5.88. The summed E-state index contributed by atoms with van der Waals surface area (Å²) in [6, 6.07) is 8.66. The van der Waals surface area contributed by atoms with Crippen molar-refractivity contribution in [3.63, 3.8) is 0 Å². The third kappa shape index (κ3) is 2.54. The first-order valence-electron chi connectivity index (χ1n) is 5.88. The summed E-state index contributed by atoms with van der Waals surface area (Å²) in [6.45, 7) is 8.09. The molecule has 0 amide bonds. The van der Waals surface area contributed by atoms with Crippen LogP contribution in [0, 0.1) is 6.92 Å². The molecule has 2 rings (SSSR count). The van der Waals surface area contributed by atoms with Crippen molar-refractivity contribution in [2.45, 2.75) is 13.8 Å². The lowest BCUT2D eigenvalue weighted by Gasteiger charge is -2.23. The van der Waals surface area contributed by atoms with Crippen LogP contribution >= 0.6 is 0 Å². The smallest absolute Gasteiger partial charge is 0.116 e. The normalized spacial score (nSPS) is 14.5. The lowest BCUT2D eigenvalue weighted by Crippen LogP contribution is -2.35. The maximum absolute atomic E-state index is 4.43. The molecule has 16 heavy (non-hydrogen) atoms. The highest BCUT2D eigenvalue weighted by atomic mass is 15.2. The molecule has 0 atom stereocenters. The van der Waals surface area contributed by atoms with E-state index in [0.717, 1.165) is 32.0 Å². The maximum Gasteiger partial charge on any atom is 0.116 e. The summed E-state index contributed by atoms with van der Waals surface area (Å²) in [4.78, 5) is 6.76. The second kappa shape index (κ2) is 5.01. The van der Waals surface area contributed by atoms with Crippen LogP contribution in [-0.4, -0.2) is 32.0 Å². The van der Waals surface area contributed by atoms with Crippen molar-refractivity contribution in [1.82, 2.24) is 5.32 Å². The second-order valence-corrected chi connectivity index (χ2v) is 4.10. The fraction of sp³-hybridized carbons (Fsp3) is 0.462. The van der Waals surface area contributed by atoms with Crippen molar-refractivity contribution in [1.29, 1.82) is 0 Å². The molecule has 0 unspecified atom stereocenters. The van der Waals surface area contributed by atoms with Gasteiger partial charge in [0.2, 0.25) is 0 Å². The molecule has 0 bridgehead atoms. The molecule has 0 saturated carbocycles. The predicted octanol–water partition coefficient (Wildman–Crippen LogP) is 1.82. The van der Waals surface area contributed by atoms with E-state index >= 15 is 0 Å². The number of aryl methyl sites for hydroxylation is 1. The molecule has 0 fully saturated rings. The molecule has 1 aromatic carbocycles. The van der Waals surface area contributed by atoms with Crippen molar-refractivity contribution in [3.05, 3.63) is 29.8 Å². The van der Waals surface area contributed by atoms with Crippen LogP contribution in [0.15, 0.2) is 29.3 Å². The van der Waals surface area contributed by atoms with Crippen LogP contribution in [0.25, 0.3) is 0 Å². The third-order valence-electron chi connectivity index (χ3n) is 2.86. The van der Waals surface area contributed by atoms with Crippen LogP contribution in [0.5, 0.6) is 0 Å². The van der Waals surface area contributed by atoms with Gasteiger partial charge in [0.05, 0.1) is 13.1 Å². The predicted molar refractivity (Wildman–Crippen MR) is 69.4 cm³/mol. The Balaban J connectivity index is 2.06. The van der Waals surface area contributed by atoms with Crippen LogP contribution in [0.3, 0.4) is 0 Å². The van der Waals surface area contributed by atoms with Gasteiger partial charge in [-0.25, -0.2) is 0 Å². The quantitative estimate of drug-likeness (QED) is 0.833. The molecule has 86 valence electrons. The van der Waals surface area contributed by atoms with Gasteiger partial charge in [-0.05, 0) is 26.0 Å². The molecule has 1 aliphatic rings. The average molecular weight is 217 g/mol. The summed E-state index contributed by atoms with van der Waals surface area (Å²) in [6.07, 6.45) is 0. The number of nitrogens with zero attached hydrogens (tertiary/aromatic N) is 2. The van der Waals surface area contributed by atoms with Gasteiger partial charge in [-0.15, -0.1) is 0 Å². The second-order valence-electron chi connectivity index (χ2n) is 4.10. The molecule has 1 aromatic rings. The van der Waals surface area contributed by atoms with E-state index in [1.807, 2.05) is 0 Å². The van der Waals surface area contributed by atoms with E-state index in [0.29, 0.717) is 0 Å². The zero-order valence-electron chi connectivity index (χ0n) is 10.0. The van der Waals surface area contributed by atoms with Gasteiger partial charge in [0, 0.05) is 18.8 Å². The Morgan fingerprint density at radius 2 is 2.06 bits per heavy atom. The number of hydrogen-bond acceptors (Lipinski definition) is 3. The summed E-state index contributed by atoms with van der Waals surface area (Å²) in [5.74, 6) is 1.11. The SMILES string of the molecule is CCN(CC1=NCCN1)c1ccc(C)cc1. The Morgan fingerprint density at radius 3 is 2.62 bits per heavy atom. The van der Waals surface area contributed by atoms with Crippen LogP contribution in [0.1, 0.15) is 12.5 Å². The number of hydrogen-bond donors (Lipinski definition) is 1. The van der Waals surface area contributed by atoms with Crippen LogP contribution in [0.2, 0.25) is 0 Å². The van der Waals surface area contributed by atoms with Crippen molar-refractivity contribution in [3.8, 4) is 0 Å². The van der Waals surface area contributed by atoms with E-state index in [1.165, 1.54) is 11.3 Å². The largest absolute Gasteiger partial charge is 0.370 e. The molecule has 3 heteroatoms. The molecule has 0 aromatic heterocycles. The van der Waals surface area contributed by atoms with Crippen molar-refractivity contribution >= 4 is 11.5 Å². The highest BCUT2D eigenvalue weighted by Crippen LogP contribution is 2.14. The average Bonchev–Trinajstić information content (AvgIpc) is 2.80. The minimum atomic E-state index is 0.888. The number of nitrogens with one attached hydrogen (secondary N) is 1.